The molecule has 0 saturated heterocycles. The Morgan fingerprint density at radius 1 is 1.32 bits per heavy atom. The van der Waals surface area contributed by atoms with Gasteiger partial charge in [0.2, 0.25) is 5.91 Å². The zero-order valence-corrected chi connectivity index (χ0v) is 11.0. The van der Waals surface area contributed by atoms with Crippen LogP contribution >= 0.6 is 0 Å². The van der Waals surface area contributed by atoms with E-state index in [2.05, 4.69) is 5.32 Å². The molecule has 2 atom stereocenters. The second-order valence-electron chi connectivity index (χ2n) is 4.48. The third-order valence-electron chi connectivity index (χ3n) is 2.83. The Morgan fingerprint density at radius 2 is 1.95 bits per heavy atom. The van der Waals surface area contributed by atoms with Gasteiger partial charge in [-0.15, -0.1) is 0 Å². The number of rotatable bonds is 7. The van der Waals surface area contributed by atoms with Crippen LogP contribution in [0.1, 0.15) is 25.3 Å². The first-order valence-electron chi connectivity index (χ1n) is 6.37. The first-order valence-corrected chi connectivity index (χ1v) is 6.37. The molecule has 5 heteroatoms. The number of carboxylic acid groups (broad SMARTS) is 1. The van der Waals surface area contributed by atoms with Crippen LogP contribution in [-0.2, 0) is 16.0 Å². The Balaban J connectivity index is 2.64. The minimum Gasteiger partial charge on any atom is -0.480 e. The average Bonchev–Trinajstić information content (AvgIpc) is 2.39. The van der Waals surface area contributed by atoms with E-state index in [9.17, 15) is 9.59 Å². The maximum Gasteiger partial charge on any atom is 0.326 e. The molecule has 1 amide bonds. The summed E-state index contributed by atoms with van der Waals surface area (Å²) >= 11 is 0. The predicted octanol–water partition coefficient (Wildman–Crippen LogP) is 0.926. The van der Waals surface area contributed by atoms with Crippen molar-refractivity contribution in [2.24, 2.45) is 5.73 Å². The highest BCUT2D eigenvalue weighted by Gasteiger charge is 2.22. The summed E-state index contributed by atoms with van der Waals surface area (Å²) in [6, 6.07) is 7.58. The largest absolute Gasteiger partial charge is 0.480 e. The van der Waals surface area contributed by atoms with Gasteiger partial charge in [-0.2, -0.15) is 0 Å². The second-order valence-corrected chi connectivity index (χ2v) is 4.48. The molecule has 1 aromatic rings. The quantitative estimate of drug-likeness (QED) is 0.683. The normalized spacial score (nSPS) is 13.6. The SMILES string of the molecule is CCC[C@@H](N)C(=O)N[C@@H](Cc1ccccc1)C(=O)O. The molecule has 19 heavy (non-hydrogen) atoms. The summed E-state index contributed by atoms with van der Waals surface area (Å²) in [4.78, 5) is 22.9. The third kappa shape index (κ3) is 5.09. The number of nitrogens with two attached hydrogens (primary N) is 1. The third-order valence-corrected chi connectivity index (χ3v) is 2.83. The molecule has 1 aromatic carbocycles. The maximum atomic E-state index is 11.7. The molecule has 0 aromatic heterocycles. The zero-order chi connectivity index (χ0) is 14.3. The van der Waals surface area contributed by atoms with Crippen LogP contribution in [0.3, 0.4) is 0 Å². The number of hydrogen-bond donors (Lipinski definition) is 3. The van der Waals surface area contributed by atoms with Crippen LogP contribution in [0.2, 0.25) is 0 Å². The van der Waals surface area contributed by atoms with E-state index < -0.39 is 24.0 Å². The molecule has 0 unspecified atom stereocenters. The number of aliphatic carboxylic acids is 1. The Kier molecular flexibility index (Phi) is 6.02. The molecule has 0 spiro atoms. The average molecular weight is 264 g/mol. The van der Waals surface area contributed by atoms with Gasteiger partial charge in [-0.1, -0.05) is 43.7 Å². The van der Waals surface area contributed by atoms with Crippen molar-refractivity contribution in [1.29, 1.82) is 0 Å². The fourth-order valence-electron chi connectivity index (χ4n) is 1.77. The lowest BCUT2D eigenvalue weighted by Gasteiger charge is -2.17. The number of carbonyl (C=O) groups is 2. The zero-order valence-electron chi connectivity index (χ0n) is 11.0. The lowest BCUT2D eigenvalue weighted by Crippen LogP contribution is -2.49. The molecular formula is C14H20N2O3. The number of benzene rings is 1. The summed E-state index contributed by atoms with van der Waals surface area (Å²) in [6.45, 7) is 1.92. The number of amides is 1. The summed E-state index contributed by atoms with van der Waals surface area (Å²) in [5.41, 5.74) is 6.53. The molecule has 4 N–H and O–H groups in total. The molecule has 0 aliphatic rings. The van der Waals surface area contributed by atoms with Gasteiger partial charge in [-0.05, 0) is 12.0 Å². The van der Waals surface area contributed by atoms with E-state index in [0.29, 0.717) is 6.42 Å². The Morgan fingerprint density at radius 3 is 2.47 bits per heavy atom. The summed E-state index contributed by atoms with van der Waals surface area (Å²) in [5, 5.41) is 11.6. The Labute approximate surface area is 112 Å². The van der Waals surface area contributed by atoms with Crippen molar-refractivity contribution in [3.05, 3.63) is 35.9 Å². The smallest absolute Gasteiger partial charge is 0.326 e. The van der Waals surface area contributed by atoms with E-state index in [1.807, 2.05) is 37.3 Å². The second kappa shape index (κ2) is 7.53. The minimum atomic E-state index is -1.05. The van der Waals surface area contributed by atoms with Gasteiger partial charge in [-0.25, -0.2) is 4.79 Å². The van der Waals surface area contributed by atoms with Crippen molar-refractivity contribution in [1.82, 2.24) is 5.32 Å². The van der Waals surface area contributed by atoms with Gasteiger partial charge in [0.15, 0.2) is 0 Å². The molecule has 0 fully saturated rings. The first-order chi connectivity index (χ1) is 9.04. The number of nitrogens with one attached hydrogen (secondary N) is 1. The molecule has 0 radical (unpaired) electrons. The van der Waals surface area contributed by atoms with Gasteiger partial charge in [0.1, 0.15) is 6.04 Å². The van der Waals surface area contributed by atoms with E-state index in [4.69, 9.17) is 10.8 Å². The van der Waals surface area contributed by atoms with Crippen molar-refractivity contribution >= 4 is 11.9 Å². The van der Waals surface area contributed by atoms with Crippen LogP contribution in [0, 0.1) is 0 Å². The van der Waals surface area contributed by atoms with Crippen LogP contribution in [0.4, 0.5) is 0 Å². The van der Waals surface area contributed by atoms with E-state index in [0.717, 1.165) is 12.0 Å². The fourth-order valence-corrected chi connectivity index (χ4v) is 1.77. The summed E-state index contributed by atoms with van der Waals surface area (Å²) < 4.78 is 0. The molecule has 5 nitrogen and oxygen atoms in total. The summed E-state index contributed by atoms with van der Waals surface area (Å²) in [7, 11) is 0. The lowest BCUT2D eigenvalue weighted by atomic mass is 10.1. The van der Waals surface area contributed by atoms with E-state index in [-0.39, 0.29) is 6.42 Å². The number of hydrogen-bond acceptors (Lipinski definition) is 3. The molecule has 0 bridgehead atoms. The summed E-state index contributed by atoms with van der Waals surface area (Å²) in [6.07, 6.45) is 1.58. The van der Waals surface area contributed by atoms with Gasteiger partial charge < -0.3 is 16.2 Å². The highest BCUT2D eigenvalue weighted by Crippen LogP contribution is 2.04. The lowest BCUT2D eigenvalue weighted by molar-refractivity contribution is -0.142. The molecule has 0 heterocycles. The van der Waals surface area contributed by atoms with Gasteiger partial charge in [0.05, 0.1) is 6.04 Å². The minimum absolute atomic E-state index is 0.251. The topological polar surface area (TPSA) is 92.4 Å². The van der Waals surface area contributed by atoms with Crippen molar-refractivity contribution in [2.45, 2.75) is 38.3 Å². The van der Waals surface area contributed by atoms with Gasteiger partial charge in [0.25, 0.3) is 0 Å². The van der Waals surface area contributed by atoms with Crippen LogP contribution < -0.4 is 11.1 Å². The van der Waals surface area contributed by atoms with E-state index in [1.54, 1.807) is 0 Å². The standard InChI is InChI=1S/C14H20N2O3/c1-2-6-11(15)13(17)16-12(14(18)19)9-10-7-4-3-5-8-10/h3-5,7-8,11-12H,2,6,9,15H2,1H3,(H,16,17)(H,18,19)/t11-,12+/m1/s1. The Hall–Kier alpha value is -1.88. The molecule has 0 saturated carbocycles. The van der Waals surface area contributed by atoms with Crippen molar-refractivity contribution in [3.63, 3.8) is 0 Å². The van der Waals surface area contributed by atoms with Crippen molar-refractivity contribution < 1.29 is 14.7 Å². The van der Waals surface area contributed by atoms with Crippen LogP contribution in [0.25, 0.3) is 0 Å². The molecule has 104 valence electrons. The van der Waals surface area contributed by atoms with E-state index >= 15 is 0 Å². The molecule has 0 aliphatic heterocycles. The van der Waals surface area contributed by atoms with Crippen LogP contribution in [0.5, 0.6) is 0 Å². The first kappa shape index (κ1) is 15.2. The monoisotopic (exact) mass is 264 g/mol. The van der Waals surface area contributed by atoms with Crippen molar-refractivity contribution in [3.8, 4) is 0 Å². The summed E-state index contributed by atoms with van der Waals surface area (Å²) in [5.74, 6) is -1.47. The van der Waals surface area contributed by atoms with Crippen LogP contribution in [0.15, 0.2) is 30.3 Å². The Bertz CT molecular complexity index is 420. The van der Waals surface area contributed by atoms with Gasteiger partial charge in [0, 0.05) is 6.42 Å². The molecule has 0 aliphatic carbocycles. The molecule has 1 rings (SSSR count). The number of carboxylic acids is 1. The van der Waals surface area contributed by atoms with Crippen LogP contribution in [-0.4, -0.2) is 29.1 Å². The van der Waals surface area contributed by atoms with Crippen molar-refractivity contribution in [2.75, 3.05) is 0 Å². The highest BCUT2D eigenvalue weighted by molar-refractivity contribution is 5.86. The molecular weight excluding hydrogens is 244 g/mol. The van der Waals surface area contributed by atoms with E-state index in [1.165, 1.54) is 0 Å². The van der Waals surface area contributed by atoms with Gasteiger partial charge >= 0.3 is 5.97 Å². The maximum absolute atomic E-state index is 11.7. The fraction of sp³-hybridized carbons (Fsp3) is 0.429. The number of carbonyl (C=O) groups excluding carboxylic acids is 1. The highest BCUT2D eigenvalue weighted by atomic mass is 16.4. The van der Waals surface area contributed by atoms with Gasteiger partial charge in [-0.3, -0.25) is 4.79 Å². The predicted molar refractivity (Wildman–Crippen MR) is 72.6 cm³/mol.